The Morgan fingerprint density at radius 2 is 1.70 bits per heavy atom. The van der Waals surface area contributed by atoms with E-state index in [2.05, 4.69) is 20.8 Å². The molecule has 8 nitrogen and oxygen atoms in total. The quantitative estimate of drug-likeness (QED) is 0.362. The number of benzene rings is 2. The molecule has 0 bridgehead atoms. The number of rotatable bonds is 9. The Balaban J connectivity index is 1.26. The molecule has 0 saturated carbocycles. The first-order valence-corrected chi connectivity index (χ1v) is 11.3. The molecule has 2 heterocycles. The molecule has 2 aromatic carbocycles. The molecule has 9 heteroatoms. The van der Waals surface area contributed by atoms with E-state index in [-0.39, 0.29) is 18.2 Å². The first-order valence-electron chi connectivity index (χ1n) is 10.4. The smallest absolute Gasteiger partial charge is 0.255 e. The van der Waals surface area contributed by atoms with Gasteiger partial charge in [-0.05, 0) is 66.9 Å². The Labute approximate surface area is 194 Å². The Kier molecular flexibility index (Phi) is 7.11. The Hall–Kier alpha value is -3.98. The molecular weight excluding hydrogens is 440 g/mol. The van der Waals surface area contributed by atoms with E-state index in [1.165, 1.54) is 0 Å². The van der Waals surface area contributed by atoms with Crippen molar-refractivity contribution >= 4 is 34.5 Å². The van der Waals surface area contributed by atoms with Crippen molar-refractivity contribution in [3.63, 3.8) is 0 Å². The van der Waals surface area contributed by atoms with Gasteiger partial charge in [-0.1, -0.05) is 0 Å². The zero-order valence-electron chi connectivity index (χ0n) is 17.9. The lowest BCUT2D eigenvalue weighted by Gasteiger charge is -2.08. The number of nitrogens with zero attached hydrogens (tertiary/aromatic N) is 2. The third-order valence-electron chi connectivity index (χ3n) is 4.65. The van der Waals surface area contributed by atoms with Crippen LogP contribution in [-0.2, 0) is 11.2 Å². The average molecular weight is 463 g/mol. The molecule has 168 valence electrons. The molecule has 0 radical (unpaired) electrons. The monoisotopic (exact) mass is 462 g/mol. The van der Waals surface area contributed by atoms with Crippen LogP contribution < -0.4 is 15.4 Å². The molecule has 2 amide bonds. The summed E-state index contributed by atoms with van der Waals surface area (Å²) < 4.78 is 11.0. The SMILES string of the molecule is CCOc1ccc(NC(=O)c2ccc(NC(=O)CCc3nnc(-c4ccsc4)o3)cc2)cc1. The van der Waals surface area contributed by atoms with Crippen LogP contribution in [0.3, 0.4) is 0 Å². The van der Waals surface area contributed by atoms with Crippen molar-refractivity contribution in [2.75, 3.05) is 17.2 Å². The summed E-state index contributed by atoms with van der Waals surface area (Å²) in [4.78, 5) is 24.7. The minimum Gasteiger partial charge on any atom is -0.494 e. The van der Waals surface area contributed by atoms with E-state index in [1.54, 1.807) is 59.9 Å². The van der Waals surface area contributed by atoms with Crippen molar-refractivity contribution in [3.8, 4) is 17.2 Å². The van der Waals surface area contributed by atoms with E-state index in [9.17, 15) is 9.59 Å². The Morgan fingerprint density at radius 3 is 2.39 bits per heavy atom. The fraction of sp³-hybridized carbons (Fsp3) is 0.167. The molecule has 0 atom stereocenters. The Bertz CT molecular complexity index is 1200. The van der Waals surface area contributed by atoms with Gasteiger partial charge >= 0.3 is 0 Å². The number of anilines is 2. The van der Waals surface area contributed by atoms with E-state index in [0.29, 0.717) is 41.7 Å². The third kappa shape index (κ3) is 6.05. The first-order chi connectivity index (χ1) is 16.1. The molecule has 0 aliphatic carbocycles. The van der Waals surface area contributed by atoms with Crippen molar-refractivity contribution in [2.24, 2.45) is 0 Å². The lowest BCUT2D eigenvalue weighted by atomic mass is 10.2. The summed E-state index contributed by atoms with van der Waals surface area (Å²) in [5.41, 5.74) is 2.62. The maximum atomic E-state index is 12.5. The van der Waals surface area contributed by atoms with Gasteiger partial charge < -0.3 is 19.8 Å². The summed E-state index contributed by atoms with van der Waals surface area (Å²) in [6, 6.07) is 15.8. The van der Waals surface area contributed by atoms with Crippen LogP contribution in [0.4, 0.5) is 11.4 Å². The van der Waals surface area contributed by atoms with Gasteiger partial charge in [-0.3, -0.25) is 9.59 Å². The van der Waals surface area contributed by atoms with Gasteiger partial charge in [0, 0.05) is 40.7 Å². The zero-order chi connectivity index (χ0) is 23.0. The first kappa shape index (κ1) is 22.2. The third-order valence-corrected chi connectivity index (χ3v) is 5.34. The van der Waals surface area contributed by atoms with Crippen LogP contribution >= 0.6 is 11.3 Å². The maximum Gasteiger partial charge on any atom is 0.255 e. The largest absolute Gasteiger partial charge is 0.494 e. The van der Waals surface area contributed by atoms with Gasteiger partial charge in [0.05, 0.1) is 6.61 Å². The number of aryl methyl sites for hydroxylation is 1. The minimum absolute atomic E-state index is 0.183. The predicted molar refractivity (Wildman–Crippen MR) is 127 cm³/mol. The van der Waals surface area contributed by atoms with Crippen LogP contribution in [0.5, 0.6) is 5.75 Å². The van der Waals surface area contributed by atoms with Gasteiger partial charge in [0.15, 0.2) is 0 Å². The molecule has 0 saturated heterocycles. The minimum atomic E-state index is -0.241. The van der Waals surface area contributed by atoms with Crippen LogP contribution in [0.2, 0.25) is 0 Å². The number of hydrogen-bond donors (Lipinski definition) is 2. The lowest BCUT2D eigenvalue weighted by molar-refractivity contribution is -0.116. The predicted octanol–water partition coefficient (Wildman–Crippen LogP) is 5.02. The molecule has 2 N–H and O–H groups in total. The molecule has 0 aliphatic rings. The van der Waals surface area contributed by atoms with E-state index < -0.39 is 0 Å². The average Bonchev–Trinajstić information content (AvgIpc) is 3.52. The molecule has 33 heavy (non-hydrogen) atoms. The molecule has 0 fully saturated rings. The summed E-state index contributed by atoms with van der Waals surface area (Å²) in [6.45, 7) is 2.50. The second-order valence-corrected chi connectivity index (χ2v) is 7.83. The zero-order valence-corrected chi connectivity index (χ0v) is 18.7. The van der Waals surface area contributed by atoms with Crippen LogP contribution in [0, 0.1) is 0 Å². The van der Waals surface area contributed by atoms with Crippen LogP contribution in [0.25, 0.3) is 11.5 Å². The van der Waals surface area contributed by atoms with Crippen molar-refractivity contribution in [2.45, 2.75) is 19.8 Å². The highest BCUT2D eigenvalue weighted by Gasteiger charge is 2.12. The number of amides is 2. The topological polar surface area (TPSA) is 106 Å². The summed E-state index contributed by atoms with van der Waals surface area (Å²) in [7, 11) is 0. The fourth-order valence-electron chi connectivity index (χ4n) is 3.01. The number of aromatic nitrogens is 2. The highest BCUT2D eigenvalue weighted by atomic mass is 32.1. The molecule has 4 rings (SSSR count). The number of carbonyl (C=O) groups excluding carboxylic acids is 2. The van der Waals surface area contributed by atoms with Crippen molar-refractivity contribution in [3.05, 3.63) is 76.8 Å². The normalized spacial score (nSPS) is 10.6. The van der Waals surface area contributed by atoms with Crippen molar-refractivity contribution in [1.82, 2.24) is 10.2 Å². The molecule has 0 aliphatic heterocycles. The Morgan fingerprint density at radius 1 is 0.970 bits per heavy atom. The number of hydrogen-bond acceptors (Lipinski definition) is 7. The molecule has 0 unspecified atom stereocenters. The van der Waals surface area contributed by atoms with E-state index in [1.807, 2.05) is 23.8 Å². The molecular formula is C24H22N4O4S. The molecule has 4 aromatic rings. The summed E-state index contributed by atoms with van der Waals surface area (Å²) in [5, 5.41) is 17.5. The number of nitrogens with one attached hydrogen (secondary N) is 2. The lowest BCUT2D eigenvalue weighted by Crippen LogP contribution is -2.14. The van der Waals surface area contributed by atoms with Gasteiger partial charge in [-0.25, -0.2) is 0 Å². The second kappa shape index (κ2) is 10.6. The highest BCUT2D eigenvalue weighted by Crippen LogP contribution is 2.21. The molecule has 2 aromatic heterocycles. The van der Waals surface area contributed by atoms with E-state index >= 15 is 0 Å². The summed E-state index contributed by atoms with van der Waals surface area (Å²) in [5.74, 6) is 1.18. The number of carbonyl (C=O) groups is 2. The van der Waals surface area contributed by atoms with E-state index in [4.69, 9.17) is 9.15 Å². The van der Waals surface area contributed by atoms with Crippen molar-refractivity contribution in [1.29, 1.82) is 0 Å². The van der Waals surface area contributed by atoms with Crippen molar-refractivity contribution < 1.29 is 18.7 Å². The van der Waals surface area contributed by atoms with Gasteiger partial charge in [0.1, 0.15) is 5.75 Å². The number of thiophene rings is 1. The highest BCUT2D eigenvalue weighted by molar-refractivity contribution is 7.08. The summed E-state index contributed by atoms with van der Waals surface area (Å²) >= 11 is 1.55. The van der Waals surface area contributed by atoms with E-state index in [0.717, 1.165) is 11.3 Å². The molecule has 0 spiro atoms. The van der Waals surface area contributed by atoms with Crippen LogP contribution in [0.15, 0.2) is 69.8 Å². The second-order valence-electron chi connectivity index (χ2n) is 7.05. The van der Waals surface area contributed by atoms with Gasteiger partial charge in [-0.15, -0.1) is 10.2 Å². The van der Waals surface area contributed by atoms with Gasteiger partial charge in [0.25, 0.3) is 5.91 Å². The summed E-state index contributed by atoms with van der Waals surface area (Å²) in [6.07, 6.45) is 0.538. The van der Waals surface area contributed by atoms with Gasteiger partial charge in [0.2, 0.25) is 17.7 Å². The maximum absolute atomic E-state index is 12.5. The fourth-order valence-corrected chi connectivity index (χ4v) is 3.64. The van der Waals surface area contributed by atoms with Gasteiger partial charge in [-0.2, -0.15) is 11.3 Å². The van der Waals surface area contributed by atoms with Crippen LogP contribution in [-0.4, -0.2) is 28.6 Å². The standard InChI is InChI=1S/C24H22N4O4S/c1-2-31-20-9-7-19(8-10-20)26-23(30)16-3-5-18(6-4-16)25-21(29)11-12-22-27-28-24(32-22)17-13-14-33-15-17/h3-10,13-15H,2,11-12H2,1H3,(H,25,29)(H,26,30). The van der Waals surface area contributed by atoms with Crippen LogP contribution in [0.1, 0.15) is 29.6 Å². The number of ether oxygens (including phenoxy) is 1.